The maximum absolute atomic E-state index is 4.52. The van der Waals surface area contributed by atoms with Gasteiger partial charge in [0.15, 0.2) is 5.65 Å². The molecule has 1 fully saturated rings. The van der Waals surface area contributed by atoms with Crippen LogP contribution in [0.25, 0.3) is 11.0 Å². The van der Waals surface area contributed by atoms with Gasteiger partial charge in [-0.3, -0.25) is 4.68 Å². The molecule has 0 unspecified atom stereocenters. The fourth-order valence-corrected chi connectivity index (χ4v) is 4.03. The van der Waals surface area contributed by atoms with Gasteiger partial charge in [-0.2, -0.15) is 5.10 Å². The number of anilines is 1. The van der Waals surface area contributed by atoms with Crippen molar-refractivity contribution < 1.29 is 0 Å². The molecule has 0 radical (unpaired) electrons. The maximum Gasteiger partial charge on any atom is 0.163 e. The van der Waals surface area contributed by atoms with Crippen LogP contribution in [0, 0.1) is 0 Å². The van der Waals surface area contributed by atoms with Crippen molar-refractivity contribution in [3.8, 4) is 0 Å². The van der Waals surface area contributed by atoms with E-state index >= 15 is 0 Å². The highest BCUT2D eigenvalue weighted by Gasteiger charge is 2.28. The van der Waals surface area contributed by atoms with Crippen molar-refractivity contribution in [2.45, 2.75) is 38.1 Å². The Morgan fingerprint density at radius 2 is 1.96 bits per heavy atom. The molecule has 8 nitrogen and oxygen atoms in total. The van der Waals surface area contributed by atoms with Crippen molar-refractivity contribution in [3.05, 3.63) is 24.2 Å². The Labute approximate surface area is 139 Å². The van der Waals surface area contributed by atoms with Crippen LogP contribution in [0.3, 0.4) is 0 Å². The molecule has 0 N–H and O–H groups in total. The first-order valence-electron chi connectivity index (χ1n) is 8.61. The fourth-order valence-electron chi connectivity index (χ4n) is 4.03. The van der Waals surface area contributed by atoms with Crippen molar-refractivity contribution in [1.29, 1.82) is 0 Å². The molecule has 0 bridgehead atoms. The van der Waals surface area contributed by atoms with Crippen molar-refractivity contribution in [1.82, 2.24) is 34.5 Å². The zero-order valence-corrected chi connectivity index (χ0v) is 13.8. The van der Waals surface area contributed by atoms with E-state index in [1.807, 2.05) is 13.2 Å². The molecule has 8 heteroatoms. The van der Waals surface area contributed by atoms with Gasteiger partial charge in [-0.05, 0) is 19.3 Å². The molecule has 0 aromatic carbocycles. The summed E-state index contributed by atoms with van der Waals surface area (Å²) in [6, 6.07) is 0. The largest absolute Gasteiger partial charge is 0.356 e. The summed E-state index contributed by atoms with van der Waals surface area (Å²) in [5.41, 5.74) is 0.886. The normalized spacial score (nSPS) is 18.5. The molecule has 2 aliphatic heterocycles. The number of piperidine rings is 1. The lowest BCUT2D eigenvalue weighted by molar-refractivity contribution is 0.466. The van der Waals surface area contributed by atoms with Gasteiger partial charge in [0.25, 0.3) is 0 Å². The highest BCUT2D eigenvalue weighted by Crippen LogP contribution is 2.32. The molecule has 0 aliphatic carbocycles. The third-order valence-corrected chi connectivity index (χ3v) is 5.31. The van der Waals surface area contributed by atoms with Crippen LogP contribution < -0.4 is 4.90 Å². The lowest BCUT2D eigenvalue weighted by atomic mass is 9.96. The minimum atomic E-state index is 0.506. The molecule has 0 spiro atoms. The van der Waals surface area contributed by atoms with E-state index in [4.69, 9.17) is 0 Å². The Morgan fingerprint density at radius 1 is 1.08 bits per heavy atom. The minimum absolute atomic E-state index is 0.506. The predicted molar refractivity (Wildman–Crippen MR) is 88.8 cm³/mol. The molecule has 24 heavy (non-hydrogen) atoms. The Kier molecular flexibility index (Phi) is 3.04. The average molecular weight is 324 g/mol. The quantitative estimate of drug-likeness (QED) is 0.707. The summed E-state index contributed by atoms with van der Waals surface area (Å²) in [7, 11) is 1.91. The standard InChI is InChI=1S/C16H20N8/c1-22-15-12(9-19-22)16(18-10-17-15)23-7-4-11(5-8-23)14-21-20-13-3-2-6-24(13)14/h9-11H,2-8H2,1H3. The van der Waals surface area contributed by atoms with E-state index in [0.717, 1.165) is 55.7 Å². The van der Waals surface area contributed by atoms with Gasteiger partial charge in [0.05, 0.1) is 11.6 Å². The Morgan fingerprint density at radius 3 is 2.83 bits per heavy atom. The van der Waals surface area contributed by atoms with Crippen LogP contribution in [0.15, 0.2) is 12.5 Å². The first-order valence-corrected chi connectivity index (χ1v) is 8.61. The van der Waals surface area contributed by atoms with E-state index in [0.29, 0.717) is 5.92 Å². The van der Waals surface area contributed by atoms with Crippen molar-refractivity contribution in [2.75, 3.05) is 18.0 Å². The maximum atomic E-state index is 4.52. The second kappa shape index (κ2) is 5.25. The van der Waals surface area contributed by atoms with Crippen LogP contribution in [0.1, 0.15) is 36.8 Å². The van der Waals surface area contributed by atoms with E-state index in [-0.39, 0.29) is 0 Å². The van der Waals surface area contributed by atoms with Gasteiger partial charge in [-0.1, -0.05) is 0 Å². The number of nitrogens with zero attached hydrogens (tertiary/aromatic N) is 8. The van der Waals surface area contributed by atoms with Crippen molar-refractivity contribution in [3.63, 3.8) is 0 Å². The van der Waals surface area contributed by atoms with Crippen LogP contribution in [-0.2, 0) is 20.0 Å². The number of rotatable bonds is 2. The predicted octanol–water partition coefficient (Wildman–Crippen LogP) is 1.28. The molecule has 0 atom stereocenters. The van der Waals surface area contributed by atoms with Gasteiger partial charge >= 0.3 is 0 Å². The smallest absolute Gasteiger partial charge is 0.163 e. The zero-order chi connectivity index (χ0) is 16.1. The number of hydrogen-bond acceptors (Lipinski definition) is 6. The average Bonchev–Trinajstić information content (AvgIpc) is 3.31. The second-order valence-electron chi connectivity index (χ2n) is 6.69. The summed E-state index contributed by atoms with van der Waals surface area (Å²) in [6.07, 6.45) is 7.95. The molecule has 5 heterocycles. The van der Waals surface area contributed by atoms with Crippen LogP contribution in [0.2, 0.25) is 0 Å². The van der Waals surface area contributed by atoms with E-state index in [2.05, 4.69) is 34.7 Å². The van der Waals surface area contributed by atoms with E-state index < -0.39 is 0 Å². The summed E-state index contributed by atoms with van der Waals surface area (Å²) < 4.78 is 4.14. The summed E-state index contributed by atoms with van der Waals surface area (Å²) in [6.45, 7) is 3.04. The molecule has 0 saturated carbocycles. The second-order valence-corrected chi connectivity index (χ2v) is 6.69. The summed E-state index contributed by atoms with van der Waals surface area (Å²) in [5, 5.41) is 14.2. The molecular formula is C16H20N8. The van der Waals surface area contributed by atoms with Gasteiger partial charge < -0.3 is 9.47 Å². The first-order chi connectivity index (χ1) is 11.8. The lowest BCUT2D eigenvalue weighted by Crippen LogP contribution is -2.34. The number of aryl methyl sites for hydroxylation is 2. The number of fused-ring (bicyclic) bond motifs is 2. The Balaban J connectivity index is 1.38. The minimum Gasteiger partial charge on any atom is -0.356 e. The van der Waals surface area contributed by atoms with Crippen molar-refractivity contribution >= 4 is 16.9 Å². The molecular weight excluding hydrogens is 304 g/mol. The Hall–Kier alpha value is -2.51. The highest BCUT2D eigenvalue weighted by molar-refractivity contribution is 5.86. The molecule has 3 aromatic heterocycles. The van der Waals surface area contributed by atoms with Gasteiger partial charge in [0.1, 0.15) is 23.8 Å². The third-order valence-electron chi connectivity index (χ3n) is 5.31. The number of hydrogen-bond donors (Lipinski definition) is 0. The van der Waals surface area contributed by atoms with Gasteiger partial charge in [-0.15, -0.1) is 10.2 Å². The van der Waals surface area contributed by atoms with Gasteiger partial charge in [-0.25, -0.2) is 9.97 Å². The molecule has 124 valence electrons. The number of aromatic nitrogens is 7. The topological polar surface area (TPSA) is 77.5 Å². The summed E-state index contributed by atoms with van der Waals surface area (Å²) >= 11 is 0. The first kappa shape index (κ1) is 13.9. The molecule has 2 aliphatic rings. The molecule has 0 amide bonds. The van der Waals surface area contributed by atoms with Crippen molar-refractivity contribution in [2.24, 2.45) is 7.05 Å². The van der Waals surface area contributed by atoms with E-state index in [1.54, 1.807) is 11.0 Å². The third kappa shape index (κ3) is 2.02. The SMILES string of the molecule is Cn1ncc2c(N3CCC(c4nnc5n4CCC5)CC3)ncnc21. The van der Waals surface area contributed by atoms with Crippen LogP contribution in [-0.4, -0.2) is 47.6 Å². The summed E-state index contributed by atoms with van der Waals surface area (Å²) in [5.74, 6) is 3.86. The fraction of sp³-hybridized carbons (Fsp3) is 0.562. The monoisotopic (exact) mass is 324 g/mol. The van der Waals surface area contributed by atoms with Crippen LogP contribution in [0.4, 0.5) is 5.82 Å². The van der Waals surface area contributed by atoms with E-state index in [1.165, 1.54) is 18.1 Å². The van der Waals surface area contributed by atoms with Gasteiger partial charge in [0, 0.05) is 39.0 Å². The highest BCUT2D eigenvalue weighted by atomic mass is 15.3. The van der Waals surface area contributed by atoms with Crippen LogP contribution >= 0.6 is 0 Å². The van der Waals surface area contributed by atoms with Crippen LogP contribution in [0.5, 0.6) is 0 Å². The summed E-state index contributed by atoms with van der Waals surface area (Å²) in [4.78, 5) is 11.2. The van der Waals surface area contributed by atoms with E-state index in [9.17, 15) is 0 Å². The lowest BCUT2D eigenvalue weighted by Gasteiger charge is -2.32. The molecule has 5 rings (SSSR count). The van der Waals surface area contributed by atoms with Gasteiger partial charge in [0.2, 0.25) is 0 Å². The molecule has 1 saturated heterocycles. The zero-order valence-electron chi connectivity index (χ0n) is 13.8. The Bertz CT molecular complexity index is 887. The molecule has 3 aromatic rings.